The molecule has 0 aliphatic carbocycles. The summed E-state index contributed by atoms with van der Waals surface area (Å²) in [6, 6.07) is 8.35. The molecule has 2 aromatic carbocycles. The number of nitrogens with zero attached hydrogens (tertiary/aromatic N) is 1. The lowest BCUT2D eigenvalue weighted by Gasteiger charge is -2.20. The number of carbonyl (C=O) groups excluding carboxylic acids is 2. The molecule has 1 unspecified atom stereocenters. The summed E-state index contributed by atoms with van der Waals surface area (Å²) in [5.74, 6) is -4.39. The molecule has 1 aromatic heterocycles. The lowest BCUT2D eigenvalue weighted by atomic mass is 10.0. The van der Waals surface area contributed by atoms with Crippen molar-refractivity contribution in [2.24, 2.45) is 5.73 Å². The van der Waals surface area contributed by atoms with E-state index in [4.69, 9.17) is 31.8 Å². The van der Waals surface area contributed by atoms with Gasteiger partial charge in [-0.2, -0.15) is 0 Å². The monoisotopic (exact) mass is 513 g/mol. The van der Waals surface area contributed by atoms with Crippen molar-refractivity contribution >= 4 is 56.1 Å². The van der Waals surface area contributed by atoms with Crippen LogP contribution in [0.15, 0.2) is 36.4 Å². The first-order valence-electron chi connectivity index (χ1n) is 10.6. The Kier molecular flexibility index (Phi) is 8.17. The number of nitrogens with two attached hydrogens (primary N) is 2. The summed E-state index contributed by atoms with van der Waals surface area (Å²) < 4.78 is 6.50. The minimum atomic E-state index is -1.61. The minimum absolute atomic E-state index is 0.0343. The Hall–Kier alpha value is -4.52. The van der Waals surface area contributed by atoms with Crippen molar-refractivity contribution in [1.82, 2.24) is 10.3 Å². The van der Waals surface area contributed by atoms with Crippen LogP contribution in [0.3, 0.4) is 0 Å². The maximum atomic E-state index is 12.9. The van der Waals surface area contributed by atoms with Crippen molar-refractivity contribution in [3.05, 3.63) is 53.1 Å². The summed E-state index contributed by atoms with van der Waals surface area (Å²) in [6.07, 6.45) is -0.684. The first-order valence-corrected chi connectivity index (χ1v) is 11.4. The number of nitrogens with one attached hydrogen (secondary N) is 2. The van der Waals surface area contributed by atoms with Gasteiger partial charge in [-0.15, -0.1) is 0 Å². The van der Waals surface area contributed by atoms with E-state index in [2.05, 4.69) is 10.3 Å². The standard InChI is InChI=1S/C23H23N5O7S/c24-20(25)12-2-1-11(7-16(29)22(33)34)17(8-12)35-10-14(4-6-19(30)31)27-21(32)13-3-5-15-18(9-13)36-23(26)28-15/h1-3,5,8-9,14H,4,6-7,10H2,(H3,24,25)(H2,26,28)(H,27,32)(H,30,31)(H,33,34). The SMILES string of the molecule is N=C(N)c1ccc(CC(=O)C(=O)O)c(OCC(CCC(=O)O)NC(=O)c2ccc3nc(N)sc3c2)c1. The molecule has 0 saturated heterocycles. The first-order chi connectivity index (χ1) is 17.0. The highest BCUT2D eigenvalue weighted by molar-refractivity contribution is 7.22. The number of hydrogen-bond acceptors (Lipinski definition) is 9. The summed E-state index contributed by atoms with van der Waals surface area (Å²) in [5, 5.41) is 28.8. The Labute approximate surface area is 208 Å². The fraction of sp³-hybridized carbons (Fsp3) is 0.217. The Morgan fingerprint density at radius 1 is 1.11 bits per heavy atom. The molecule has 0 aliphatic heterocycles. The number of benzene rings is 2. The number of Topliss-reactive ketones (excluding diaryl/α,β-unsaturated/α-hetero) is 1. The summed E-state index contributed by atoms with van der Waals surface area (Å²) >= 11 is 1.22. The molecule has 36 heavy (non-hydrogen) atoms. The average molecular weight is 514 g/mol. The highest BCUT2D eigenvalue weighted by Gasteiger charge is 2.20. The summed E-state index contributed by atoms with van der Waals surface area (Å²) in [7, 11) is 0. The Morgan fingerprint density at radius 2 is 1.83 bits per heavy atom. The van der Waals surface area contributed by atoms with Crippen LogP contribution in [-0.4, -0.2) is 57.3 Å². The van der Waals surface area contributed by atoms with Crippen molar-refractivity contribution < 1.29 is 34.1 Å². The molecule has 0 aliphatic rings. The van der Waals surface area contributed by atoms with Gasteiger partial charge in [0.1, 0.15) is 18.2 Å². The second-order valence-electron chi connectivity index (χ2n) is 7.79. The number of amidine groups is 1. The molecule has 0 radical (unpaired) electrons. The van der Waals surface area contributed by atoms with Crippen LogP contribution in [0.2, 0.25) is 0 Å². The number of anilines is 1. The predicted octanol–water partition coefficient (Wildman–Crippen LogP) is 1.40. The molecular weight excluding hydrogens is 490 g/mol. The van der Waals surface area contributed by atoms with Gasteiger partial charge in [-0.1, -0.05) is 23.5 Å². The van der Waals surface area contributed by atoms with E-state index < -0.39 is 36.1 Å². The zero-order valence-corrected chi connectivity index (χ0v) is 19.6. The third-order valence-corrected chi connectivity index (χ3v) is 5.96. The Bertz CT molecular complexity index is 1350. The van der Waals surface area contributed by atoms with Crippen molar-refractivity contribution in [2.75, 3.05) is 12.3 Å². The number of rotatable bonds is 12. The number of aliphatic carboxylic acids is 2. The van der Waals surface area contributed by atoms with Crippen LogP contribution in [0, 0.1) is 5.41 Å². The number of carbonyl (C=O) groups is 4. The average Bonchev–Trinajstić information content (AvgIpc) is 3.20. The molecule has 0 bridgehead atoms. The molecule has 1 amide bonds. The normalized spacial score (nSPS) is 11.6. The molecule has 13 heteroatoms. The van der Waals surface area contributed by atoms with Crippen LogP contribution >= 0.6 is 11.3 Å². The zero-order chi connectivity index (χ0) is 26.4. The molecule has 8 N–H and O–H groups in total. The molecule has 1 heterocycles. The highest BCUT2D eigenvalue weighted by atomic mass is 32.1. The van der Waals surface area contributed by atoms with E-state index in [-0.39, 0.29) is 42.2 Å². The van der Waals surface area contributed by atoms with Crippen molar-refractivity contribution in [2.45, 2.75) is 25.3 Å². The molecule has 188 valence electrons. The topological polar surface area (TPSA) is 219 Å². The second kappa shape index (κ2) is 11.3. The lowest BCUT2D eigenvalue weighted by molar-refractivity contribution is -0.148. The van der Waals surface area contributed by atoms with Crippen molar-refractivity contribution in [3.63, 3.8) is 0 Å². The number of fused-ring (bicyclic) bond motifs is 1. The number of nitrogen functional groups attached to an aromatic ring is 2. The largest absolute Gasteiger partial charge is 0.491 e. The van der Waals surface area contributed by atoms with Gasteiger partial charge in [-0.05, 0) is 30.7 Å². The van der Waals surface area contributed by atoms with Gasteiger partial charge in [0.15, 0.2) is 5.13 Å². The van der Waals surface area contributed by atoms with Gasteiger partial charge in [-0.25, -0.2) is 9.78 Å². The fourth-order valence-corrected chi connectivity index (χ4v) is 4.06. The number of thiazole rings is 1. The maximum absolute atomic E-state index is 12.9. The smallest absolute Gasteiger partial charge is 0.372 e. The molecule has 3 rings (SSSR count). The van der Waals surface area contributed by atoms with E-state index >= 15 is 0 Å². The Morgan fingerprint density at radius 3 is 2.50 bits per heavy atom. The van der Waals surface area contributed by atoms with Crippen LogP contribution in [-0.2, 0) is 20.8 Å². The van der Waals surface area contributed by atoms with Crippen LogP contribution in [0.1, 0.15) is 34.3 Å². The molecule has 0 saturated carbocycles. The molecule has 12 nitrogen and oxygen atoms in total. The first kappa shape index (κ1) is 26.1. The number of hydrogen-bond donors (Lipinski definition) is 6. The number of carboxylic acids is 2. The van der Waals surface area contributed by atoms with Gasteiger partial charge in [-0.3, -0.25) is 19.8 Å². The summed E-state index contributed by atoms with van der Waals surface area (Å²) in [6.45, 7) is -0.190. The number of aromatic nitrogens is 1. The van der Waals surface area contributed by atoms with Crippen LogP contribution in [0.25, 0.3) is 10.2 Å². The van der Waals surface area contributed by atoms with E-state index in [1.54, 1.807) is 18.2 Å². The van der Waals surface area contributed by atoms with Gasteiger partial charge in [0.2, 0.25) is 5.78 Å². The van der Waals surface area contributed by atoms with E-state index in [9.17, 15) is 19.2 Å². The molecular formula is C23H23N5O7S. The van der Waals surface area contributed by atoms with E-state index in [0.29, 0.717) is 20.9 Å². The van der Waals surface area contributed by atoms with E-state index in [0.717, 1.165) is 0 Å². The molecule has 0 fully saturated rings. The van der Waals surface area contributed by atoms with Crippen LogP contribution in [0.4, 0.5) is 5.13 Å². The number of ketones is 1. The van der Waals surface area contributed by atoms with E-state index in [1.165, 1.54) is 29.5 Å². The van der Waals surface area contributed by atoms with Gasteiger partial charge in [0.05, 0.1) is 16.3 Å². The van der Waals surface area contributed by atoms with Gasteiger partial charge in [0.25, 0.3) is 5.91 Å². The minimum Gasteiger partial charge on any atom is -0.491 e. The van der Waals surface area contributed by atoms with Crippen molar-refractivity contribution in [3.8, 4) is 5.75 Å². The Balaban J connectivity index is 1.80. The van der Waals surface area contributed by atoms with Crippen LogP contribution in [0.5, 0.6) is 5.75 Å². The molecule has 3 aromatic rings. The predicted molar refractivity (Wildman–Crippen MR) is 131 cm³/mol. The highest BCUT2D eigenvalue weighted by Crippen LogP contribution is 2.25. The number of amides is 1. The van der Waals surface area contributed by atoms with Crippen molar-refractivity contribution in [1.29, 1.82) is 5.41 Å². The maximum Gasteiger partial charge on any atom is 0.372 e. The van der Waals surface area contributed by atoms with Gasteiger partial charge >= 0.3 is 11.9 Å². The summed E-state index contributed by atoms with van der Waals surface area (Å²) in [4.78, 5) is 50.9. The third-order valence-electron chi connectivity index (χ3n) is 5.12. The van der Waals surface area contributed by atoms with Crippen LogP contribution < -0.4 is 21.5 Å². The molecule has 0 spiro atoms. The van der Waals surface area contributed by atoms with Gasteiger partial charge in [0, 0.05) is 29.5 Å². The number of ether oxygens (including phenoxy) is 1. The second-order valence-corrected chi connectivity index (χ2v) is 8.85. The van der Waals surface area contributed by atoms with E-state index in [1.807, 2.05) is 0 Å². The quantitative estimate of drug-likeness (QED) is 0.116. The number of carboxylic acid groups (broad SMARTS) is 2. The summed E-state index contributed by atoms with van der Waals surface area (Å²) in [5.41, 5.74) is 12.7. The lowest BCUT2D eigenvalue weighted by Crippen LogP contribution is -2.39. The fourth-order valence-electron chi connectivity index (χ4n) is 3.29. The van der Waals surface area contributed by atoms with Gasteiger partial charge < -0.3 is 31.7 Å². The zero-order valence-electron chi connectivity index (χ0n) is 18.8. The third kappa shape index (κ3) is 6.76. The molecule has 1 atom stereocenters.